The van der Waals surface area contributed by atoms with Crippen LogP contribution in [-0.4, -0.2) is 28.0 Å². The van der Waals surface area contributed by atoms with E-state index in [1.54, 1.807) is 18.2 Å². The van der Waals surface area contributed by atoms with E-state index in [-0.39, 0.29) is 5.56 Å². The van der Waals surface area contributed by atoms with Crippen LogP contribution >= 0.6 is 0 Å². The number of pyridine rings is 1. The molecule has 180 valence electrons. The number of hydrogen-bond donors (Lipinski definition) is 3. The molecule has 10 heteroatoms. The Balaban J connectivity index is 1.75. The first kappa shape index (κ1) is 23.8. The number of carbonyl (C=O) groups is 2. The Labute approximate surface area is 198 Å². The molecule has 0 aliphatic heterocycles. The molecule has 0 spiro atoms. The first-order valence-electron chi connectivity index (χ1n) is 10.7. The number of H-pyrrole nitrogens is 1. The van der Waals surface area contributed by atoms with Gasteiger partial charge in [-0.2, -0.15) is 13.2 Å². The number of alkyl halides is 3. The number of hydrogen-bond acceptors (Lipinski definition) is 5. The van der Waals surface area contributed by atoms with Crippen molar-refractivity contribution >= 4 is 34.3 Å². The number of benzene rings is 2. The Morgan fingerprint density at radius 1 is 1.11 bits per heavy atom. The van der Waals surface area contributed by atoms with Crippen LogP contribution in [0.4, 0.5) is 24.5 Å². The number of nitrogens with one attached hydrogen (secondary N) is 2. The van der Waals surface area contributed by atoms with Crippen LogP contribution in [0.25, 0.3) is 22.3 Å². The molecule has 35 heavy (non-hydrogen) atoms. The molecule has 0 saturated heterocycles. The summed E-state index contributed by atoms with van der Waals surface area (Å²) in [5, 5.41) is 3.82. The van der Waals surface area contributed by atoms with Gasteiger partial charge in [0.15, 0.2) is 0 Å². The Morgan fingerprint density at radius 3 is 2.51 bits per heavy atom. The number of aromatic amines is 1. The van der Waals surface area contributed by atoms with E-state index in [1.165, 1.54) is 6.20 Å². The van der Waals surface area contributed by atoms with E-state index in [0.717, 1.165) is 11.3 Å². The average molecular weight is 482 g/mol. The van der Waals surface area contributed by atoms with E-state index in [9.17, 15) is 22.8 Å². The van der Waals surface area contributed by atoms with Gasteiger partial charge in [0.05, 0.1) is 11.3 Å². The second kappa shape index (κ2) is 9.49. The SMILES string of the molecule is CCc1c(COC(=O)C(F)(F)F)cccc1Nc1c(C(N)=O)cnc2[nH]c(-c3ccccc3)cc12. The lowest BCUT2D eigenvalue weighted by molar-refractivity contribution is -0.201. The van der Waals surface area contributed by atoms with Gasteiger partial charge in [-0.05, 0) is 35.2 Å². The van der Waals surface area contributed by atoms with Gasteiger partial charge in [-0.3, -0.25) is 4.79 Å². The standard InChI is InChI=1S/C25H21F3N4O3/c1-2-16-15(13-35-24(34)25(26,27)28)9-6-10-19(16)31-21-17-11-20(14-7-4-3-5-8-14)32-23(17)30-12-18(21)22(29)33/h3-12H,2,13H2,1H3,(H2,29,33)(H2,30,31,32). The highest BCUT2D eigenvalue weighted by molar-refractivity contribution is 6.08. The monoisotopic (exact) mass is 482 g/mol. The van der Waals surface area contributed by atoms with Crippen LogP contribution in [0.5, 0.6) is 0 Å². The predicted molar refractivity (Wildman–Crippen MR) is 125 cm³/mol. The second-order valence-electron chi connectivity index (χ2n) is 7.72. The molecule has 0 aliphatic rings. The Hall–Kier alpha value is -4.34. The Morgan fingerprint density at radius 2 is 1.86 bits per heavy atom. The third-order valence-corrected chi connectivity index (χ3v) is 5.49. The summed E-state index contributed by atoms with van der Waals surface area (Å²) < 4.78 is 42.1. The minimum absolute atomic E-state index is 0.145. The summed E-state index contributed by atoms with van der Waals surface area (Å²) in [4.78, 5) is 30.9. The number of anilines is 2. The van der Waals surface area contributed by atoms with Crippen molar-refractivity contribution in [1.82, 2.24) is 9.97 Å². The van der Waals surface area contributed by atoms with E-state index in [1.807, 2.05) is 43.3 Å². The van der Waals surface area contributed by atoms with E-state index < -0.39 is 24.7 Å². The summed E-state index contributed by atoms with van der Waals surface area (Å²) in [5.74, 6) is -2.96. The molecule has 4 rings (SSSR count). The van der Waals surface area contributed by atoms with E-state index in [4.69, 9.17) is 5.73 Å². The number of fused-ring (bicyclic) bond motifs is 1. The summed E-state index contributed by atoms with van der Waals surface area (Å²) in [5.41, 5.74) is 9.93. The first-order valence-corrected chi connectivity index (χ1v) is 10.7. The lowest BCUT2D eigenvalue weighted by Gasteiger charge is -2.17. The van der Waals surface area contributed by atoms with Gasteiger partial charge in [0.1, 0.15) is 12.3 Å². The minimum atomic E-state index is -5.08. The number of carbonyl (C=O) groups excluding carboxylic acids is 2. The third-order valence-electron chi connectivity index (χ3n) is 5.49. The molecule has 0 aliphatic carbocycles. The number of rotatable bonds is 7. The normalized spacial score (nSPS) is 11.4. The number of halogens is 3. The summed E-state index contributed by atoms with van der Waals surface area (Å²) in [6.07, 6.45) is -3.30. The maximum atomic E-state index is 12.6. The van der Waals surface area contributed by atoms with Crippen molar-refractivity contribution in [2.45, 2.75) is 26.1 Å². The smallest absolute Gasteiger partial charge is 0.454 e. The molecule has 1 amide bonds. The van der Waals surface area contributed by atoms with Gasteiger partial charge in [0.25, 0.3) is 5.91 Å². The maximum absolute atomic E-state index is 12.6. The number of ether oxygens (including phenoxy) is 1. The average Bonchev–Trinajstić information content (AvgIpc) is 3.27. The van der Waals surface area contributed by atoms with Crippen LogP contribution in [0.2, 0.25) is 0 Å². The van der Waals surface area contributed by atoms with Gasteiger partial charge >= 0.3 is 12.1 Å². The molecule has 0 bridgehead atoms. The number of nitrogens with two attached hydrogens (primary N) is 1. The van der Waals surface area contributed by atoms with Gasteiger partial charge in [-0.1, -0.05) is 49.4 Å². The van der Waals surface area contributed by atoms with E-state index in [0.29, 0.717) is 40.0 Å². The highest BCUT2D eigenvalue weighted by Crippen LogP contribution is 2.34. The summed E-state index contributed by atoms with van der Waals surface area (Å²) in [7, 11) is 0. The Bertz CT molecular complexity index is 1400. The lowest BCUT2D eigenvalue weighted by atomic mass is 10.0. The number of amides is 1. The summed E-state index contributed by atoms with van der Waals surface area (Å²) >= 11 is 0. The van der Waals surface area contributed by atoms with Gasteiger partial charge in [0.2, 0.25) is 0 Å². The van der Waals surface area contributed by atoms with Gasteiger partial charge in [-0.15, -0.1) is 0 Å². The van der Waals surface area contributed by atoms with Crippen LogP contribution < -0.4 is 11.1 Å². The number of aromatic nitrogens is 2. The zero-order chi connectivity index (χ0) is 25.2. The highest BCUT2D eigenvalue weighted by Gasteiger charge is 2.41. The predicted octanol–water partition coefficient (Wildman–Crippen LogP) is 5.24. The van der Waals surface area contributed by atoms with Gasteiger partial charge < -0.3 is 20.8 Å². The van der Waals surface area contributed by atoms with Gasteiger partial charge in [0, 0.05) is 23.0 Å². The summed E-state index contributed by atoms with van der Waals surface area (Å²) in [6, 6.07) is 16.3. The number of primary amides is 1. The van der Waals surface area contributed by atoms with Crippen LogP contribution in [0.1, 0.15) is 28.4 Å². The molecule has 0 fully saturated rings. The zero-order valence-electron chi connectivity index (χ0n) is 18.6. The van der Waals surface area contributed by atoms with Crippen molar-refractivity contribution in [3.8, 4) is 11.3 Å². The fourth-order valence-corrected chi connectivity index (χ4v) is 3.83. The van der Waals surface area contributed by atoms with Crippen molar-refractivity contribution in [3.63, 3.8) is 0 Å². The van der Waals surface area contributed by atoms with Crippen LogP contribution in [0.15, 0.2) is 60.8 Å². The van der Waals surface area contributed by atoms with E-state index in [2.05, 4.69) is 20.0 Å². The number of nitrogens with zero attached hydrogens (tertiary/aromatic N) is 1. The van der Waals surface area contributed by atoms with Crippen LogP contribution in [0, 0.1) is 0 Å². The van der Waals surface area contributed by atoms with Crippen molar-refractivity contribution in [2.24, 2.45) is 5.73 Å². The van der Waals surface area contributed by atoms with Gasteiger partial charge in [-0.25, -0.2) is 9.78 Å². The molecule has 4 aromatic rings. The van der Waals surface area contributed by atoms with Crippen molar-refractivity contribution in [1.29, 1.82) is 0 Å². The van der Waals surface area contributed by atoms with Crippen LogP contribution in [-0.2, 0) is 22.6 Å². The third kappa shape index (κ3) is 4.96. The second-order valence-corrected chi connectivity index (χ2v) is 7.72. The lowest BCUT2D eigenvalue weighted by Crippen LogP contribution is -2.25. The minimum Gasteiger partial charge on any atom is -0.454 e. The highest BCUT2D eigenvalue weighted by atomic mass is 19.4. The summed E-state index contributed by atoms with van der Waals surface area (Å²) in [6.45, 7) is 1.27. The molecular formula is C25H21F3N4O3. The van der Waals surface area contributed by atoms with Crippen molar-refractivity contribution in [3.05, 3.63) is 77.5 Å². The quantitative estimate of drug-likeness (QED) is 0.312. The largest absolute Gasteiger partial charge is 0.490 e. The zero-order valence-corrected chi connectivity index (χ0v) is 18.6. The molecule has 0 radical (unpaired) electrons. The molecule has 7 nitrogen and oxygen atoms in total. The first-order chi connectivity index (χ1) is 16.7. The topological polar surface area (TPSA) is 110 Å². The fourth-order valence-electron chi connectivity index (χ4n) is 3.83. The van der Waals surface area contributed by atoms with Crippen LogP contribution in [0.3, 0.4) is 0 Å². The fraction of sp³-hybridized carbons (Fsp3) is 0.160. The Kier molecular flexibility index (Phi) is 6.46. The molecule has 0 atom stereocenters. The molecule has 4 N–H and O–H groups in total. The molecule has 0 unspecified atom stereocenters. The van der Waals surface area contributed by atoms with E-state index >= 15 is 0 Å². The van der Waals surface area contributed by atoms with Crippen molar-refractivity contribution < 1.29 is 27.5 Å². The molecule has 2 aromatic carbocycles. The molecule has 2 aromatic heterocycles. The van der Waals surface area contributed by atoms with Crippen molar-refractivity contribution in [2.75, 3.05) is 5.32 Å². The molecular weight excluding hydrogens is 461 g/mol. The molecule has 2 heterocycles. The number of esters is 1. The maximum Gasteiger partial charge on any atom is 0.490 e. The molecule has 0 saturated carbocycles.